The lowest BCUT2D eigenvalue weighted by Crippen LogP contribution is -2.39. The fourth-order valence-electron chi connectivity index (χ4n) is 5.09. The molecule has 4 aromatic rings. The van der Waals surface area contributed by atoms with Crippen LogP contribution >= 0.6 is 0 Å². The third-order valence-electron chi connectivity index (χ3n) is 7.33. The van der Waals surface area contributed by atoms with Gasteiger partial charge < -0.3 is 18.2 Å². The van der Waals surface area contributed by atoms with Crippen molar-refractivity contribution >= 4 is 16.1 Å². The number of aryl methyl sites for hydroxylation is 1. The Labute approximate surface area is 245 Å². The van der Waals surface area contributed by atoms with Crippen molar-refractivity contribution in [2.24, 2.45) is 0 Å². The van der Waals surface area contributed by atoms with Crippen LogP contribution in [0.2, 0.25) is 0 Å². The van der Waals surface area contributed by atoms with Crippen LogP contribution in [0.5, 0.6) is 11.5 Å². The van der Waals surface area contributed by atoms with E-state index in [1.807, 2.05) is 49.4 Å². The van der Waals surface area contributed by atoms with Crippen molar-refractivity contribution < 1.29 is 26.9 Å². The first-order valence-electron chi connectivity index (χ1n) is 13.5. The molecule has 10 heteroatoms. The minimum atomic E-state index is -4.37. The van der Waals surface area contributed by atoms with Crippen LogP contribution in [0.3, 0.4) is 0 Å². The van der Waals surface area contributed by atoms with E-state index in [0.717, 1.165) is 23.8 Å². The lowest BCUT2D eigenvalue weighted by atomic mass is 9.99. The Bertz CT molecular complexity index is 1750. The number of rotatable bonds is 9. The van der Waals surface area contributed by atoms with Gasteiger partial charge in [-0.1, -0.05) is 60.2 Å². The minimum absolute atomic E-state index is 0.0819. The van der Waals surface area contributed by atoms with E-state index in [1.165, 1.54) is 16.7 Å². The molecule has 0 saturated carbocycles. The Balaban J connectivity index is 1.65. The largest absolute Gasteiger partial charge is 0.497 e. The number of pyridine rings is 1. The second kappa shape index (κ2) is 12.2. The fraction of sp³-hybridized carbons (Fsp3) is 0.250. The number of nitrogens with zero attached hydrogens (tertiary/aromatic N) is 2. The number of aromatic nitrogens is 1. The Morgan fingerprint density at radius 3 is 2.19 bits per heavy atom. The second-order valence-electron chi connectivity index (χ2n) is 10.2. The third-order valence-corrected chi connectivity index (χ3v) is 8.56. The van der Waals surface area contributed by atoms with E-state index in [0.29, 0.717) is 43.1 Å². The van der Waals surface area contributed by atoms with Gasteiger partial charge in [-0.15, -0.1) is 0 Å². The van der Waals surface area contributed by atoms with Gasteiger partial charge in [-0.25, -0.2) is 4.79 Å². The molecule has 42 heavy (non-hydrogen) atoms. The molecule has 0 saturated heterocycles. The molecule has 0 bridgehead atoms. The van der Waals surface area contributed by atoms with Crippen molar-refractivity contribution in [3.05, 3.63) is 123 Å². The van der Waals surface area contributed by atoms with Crippen LogP contribution in [0.4, 0.5) is 0 Å². The van der Waals surface area contributed by atoms with Crippen molar-refractivity contribution in [1.29, 1.82) is 0 Å². The summed E-state index contributed by atoms with van der Waals surface area (Å²) in [5.41, 5.74) is 2.72. The van der Waals surface area contributed by atoms with Crippen LogP contribution < -0.4 is 14.5 Å². The van der Waals surface area contributed by atoms with Crippen molar-refractivity contribution in [3.63, 3.8) is 0 Å². The molecule has 1 aliphatic rings. The first-order valence-corrected chi connectivity index (χ1v) is 14.9. The van der Waals surface area contributed by atoms with Crippen molar-refractivity contribution in [2.45, 2.75) is 37.9 Å². The summed E-state index contributed by atoms with van der Waals surface area (Å²) in [7, 11) is -1.65. The maximum absolute atomic E-state index is 14.1. The number of benzene rings is 3. The Morgan fingerprint density at radius 1 is 0.881 bits per heavy atom. The summed E-state index contributed by atoms with van der Waals surface area (Å²) in [4.78, 5) is 29.2. The number of esters is 1. The molecule has 0 amide bonds. The molecule has 218 valence electrons. The molecule has 0 spiro atoms. The van der Waals surface area contributed by atoms with Crippen molar-refractivity contribution in [3.8, 4) is 11.5 Å². The lowest BCUT2D eigenvalue weighted by molar-refractivity contribution is 0.0595. The molecule has 0 aliphatic carbocycles. The van der Waals surface area contributed by atoms with Gasteiger partial charge in [0.2, 0.25) is 0 Å². The fourth-order valence-corrected chi connectivity index (χ4v) is 6.06. The molecule has 0 fully saturated rings. The molecule has 1 aromatic heterocycles. The highest BCUT2D eigenvalue weighted by Gasteiger charge is 2.34. The van der Waals surface area contributed by atoms with Crippen LogP contribution in [0.25, 0.3) is 0 Å². The summed E-state index contributed by atoms with van der Waals surface area (Å²) in [5, 5.41) is 0. The Hall–Kier alpha value is -4.41. The molecular formula is C32H32N2O7S. The quantitative estimate of drug-likeness (QED) is 0.210. The number of hydrogen-bond donors (Lipinski definition) is 0. The zero-order valence-electron chi connectivity index (χ0n) is 23.7. The van der Waals surface area contributed by atoms with Gasteiger partial charge in [-0.05, 0) is 48.7 Å². The highest BCUT2D eigenvalue weighted by atomic mass is 32.2. The molecule has 0 unspecified atom stereocenters. The molecule has 0 N–H and O–H groups in total. The summed E-state index contributed by atoms with van der Waals surface area (Å²) in [6.07, 6.45) is 0.355. The first-order chi connectivity index (χ1) is 20.2. The predicted octanol–water partition coefficient (Wildman–Crippen LogP) is 4.33. The maximum Gasteiger partial charge on any atom is 0.347 e. The summed E-state index contributed by atoms with van der Waals surface area (Å²) in [6.45, 7) is 3.53. The van der Waals surface area contributed by atoms with Crippen LogP contribution in [0.1, 0.15) is 38.3 Å². The first kappa shape index (κ1) is 29.1. The van der Waals surface area contributed by atoms with E-state index < -0.39 is 27.2 Å². The van der Waals surface area contributed by atoms with E-state index in [4.69, 9.17) is 13.7 Å². The molecule has 9 nitrogen and oxygen atoms in total. The predicted molar refractivity (Wildman–Crippen MR) is 157 cm³/mol. The van der Waals surface area contributed by atoms with Crippen LogP contribution in [0.15, 0.2) is 88.6 Å². The van der Waals surface area contributed by atoms with Gasteiger partial charge in [-0.2, -0.15) is 8.42 Å². The van der Waals surface area contributed by atoms with Gasteiger partial charge in [0.15, 0.2) is 11.3 Å². The average Bonchev–Trinajstić information content (AvgIpc) is 3.00. The van der Waals surface area contributed by atoms with Crippen LogP contribution in [-0.2, 0) is 40.9 Å². The van der Waals surface area contributed by atoms with E-state index in [-0.39, 0.29) is 17.2 Å². The monoisotopic (exact) mass is 588 g/mol. The summed E-state index contributed by atoms with van der Waals surface area (Å²) in [6, 6.07) is 23.4. The van der Waals surface area contributed by atoms with Crippen molar-refractivity contribution in [2.75, 3.05) is 20.8 Å². The van der Waals surface area contributed by atoms with Gasteiger partial charge in [-0.3, -0.25) is 9.69 Å². The Morgan fingerprint density at radius 2 is 1.55 bits per heavy atom. The molecule has 5 rings (SSSR count). The molecule has 0 atom stereocenters. The molecule has 2 heterocycles. The standard InChI is InChI=1S/C32H32N2O7S/c1-22-9-15-26(16-10-22)42(37,38)41-30-27-17-18-33(19-23-7-5-4-6-8-23)21-28(27)34(31(35)29(30)32(36)40-3)20-24-11-13-25(39-2)14-12-24/h4-16H,17-21H2,1-3H3. The number of carbonyl (C=O) groups excluding carboxylic acids is 1. The number of methoxy groups -OCH3 is 2. The maximum atomic E-state index is 14.1. The lowest BCUT2D eigenvalue weighted by Gasteiger charge is -2.32. The van der Waals surface area contributed by atoms with E-state index >= 15 is 0 Å². The van der Waals surface area contributed by atoms with Crippen LogP contribution in [-0.4, -0.2) is 44.6 Å². The van der Waals surface area contributed by atoms with Gasteiger partial charge >= 0.3 is 16.1 Å². The highest BCUT2D eigenvalue weighted by molar-refractivity contribution is 7.87. The Kier molecular flexibility index (Phi) is 8.46. The molecule has 0 radical (unpaired) electrons. The number of hydrogen-bond acceptors (Lipinski definition) is 8. The second-order valence-corrected chi connectivity index (χ2v) is 11.7. The average molecular weight is 589 g/mol. The zero-order valence-corrected chi connectivity index (χ0v) is 24.5. The van der Waals surface area contributed by atoms with Gasteiger partial charge in [0.25, 0.3) is 5.56 Å². The zero-order chi connectivity index (χ0) is 29.9. The number of fused-ring (bicyclic) bond motifs is 1. The van der Waals surface area contributed by atoms with E-state index in [2.05, 4.69) is 4.90 Å². The topological polar surface area (TPSA) is 104 Å². The molecular weight excluding hydrogens is 556 g/mol. The normalized spacial score (nSPS) is 13.3. The minimum Gasteiger partial charge on any atom is -0.497 e. The van der Waals surface area contributed by atoms with E-state index in [9.17, 15) is 18.0 Å². The van der Waals surface area contributed by atoms with Crippen LogP contribution in [0, 0.1) is 6.92 Å². The summed E-state index contributed by atoms with van der Waals surface area (Å²) < 4.78 is 44.2. The number of carbonyl (C=O) groups is 1. The third kappa shape index (κ3) is 6.09. The van der Waals surface area contributed by atoms with Crippen molar-refractivity contribution in [1.82, 2.24) is 9.47 Å². The molecule has 1 aliphatic heterocycles. The summed E-state index contributed by atoms with van der Waals surface area (Å²) in [5.74, 6) is -0.567. The highest BCUT2D eigenvalue weighted by Crippen LogP contribution is 2.33. The SMILES string of the molecule is COC(=O)c1c(OS(=O)(=O)c2ccc(C)cc2)c2c(n(Cc3ccc(OC)cc3)c1=O)CN(Cc1ccccc1)CC2. The van der Waals surface area contributed by atoms with E-state index in [1.54, 1.807) is 31.4 Å². The number of ether oxygens (including phenoxy) is 2. The van der Waals surface area contributed by atoms with Gasteiger partial charge in [0.05, 0.1) is 20.8 Å². The summed E-state index contributed by atoms with van der Waals surface area (Å²) >= 11 is 0. The van der Waals surface area contributed by atoms with Gasteiger partial charge in [0.1, 0.15) is 10.6 Å². The smallest absolute Gasteiger partial charge is 0.347 e. The van der Waals surface area contributed by atoms with Gasteiger partial charge in [0, 0.05) is 30.9 Å². The molecule has 3 aromatic carbocycles.